The highest BCUT2D eigenvalue weighted by Gasteiger charge is 2.47. The Hall–Kier alpha value is -1.34. The lowest BCUT2D eigenvalue weighted by atomic mass is 9.91. The van der Waals surface area contributed by atoms with Gasteiger partial charge in [-0.15, -0.1) is 0 Å². The van der Waals surface area contributed by atoms with Crippen molar-refractivity contribution in [1.82, 2.24) is 19.6 Å². The van der Waals surface area contributed by atoms with Crippen molar-refractivity contribution in [3.63, 3.8) is 0 Å². The number of carbonyl (C=O) groups is 2. The molecule has 7 heteroatoms. The van der Waals surface area contributed by atoms with Crippen molar-refractivity contribution in [2.45, 2.75) is 45.6 Å². The molecule has 3 fully saturated rings. The van der Waals surface area contributed by atoms with Gasteiger partial charge in [-0.3, -0.25) is 9.69 Å². The first-order valence-electron chi connectivity index (χ1n) is 10.6. The molecule has 0 aromatic heterocycles. The predicted molar refractivity (Wildman–Crippen MR) is 105 cm³/mol. The molecule has 3 aliphatic rings. The number of ether oxygens (including phenoxy) is 1. The number of piperidine rings is 1. The molecular formula is C20H36N4O3. The van der Waals surface area contributed by atoms with Gasteiger partial charge in [0.1, 0.15) is 5.60 Å². The topological polar surface area (TPSA) is 56.3 Å². The summed E-state index contributed by atoms with van der Waals surface area (Å²) < 4.78 is 5.81. The minimum Gasteiger partial charge on any atom is -0.441 e. The number of carbonyl (C=O) groups excluding carboxylic acids is 2. The maximum atomic E-state index is 12.4. The number of piperazine rings is 1. The molecule has 0 bridgehead atoms. The van der Waals surface area contributed by atoms with Crippen LogP contribution in [0.4, 0.5) is 4.79 Å². The maximum Gasteiger partial charge on any atom is 0.410 e. The molecule has 2 amide bonds. The zero-order valence-electron chi connectivity index (χ0n) is 17.3. The summed E-state index contributed by atoms with van der Waals surface area (Å²) in [6, 6.07) is 0. The third kappa shape index (κ3) is 5.13. The normalized spacial score (nSPS) is 24.1. The number of likely N-dealkylation sites (N-methyl/N-ethyl adjacent to an activating group) is 1. The highest BCUT2D eigenvalue weighted by Crippen LogP contribution is 2.33. The van der Waals surface area contributed by atoms with Gasteiger partial charge in [0, 0.05) is 71.6 Å². The Labute approximate surface area is 163 Å². The smallest absolute Gasteiger partial charge is 0.410 e. The average Bonchev–Trinajstić information content (AvgIpc) is 2.95. The van der Waals surface area contributed by atoms with Crippen LogP contribution in [0.2, 0.25) is 0 Å². The van der Waals surface area contributed by atoms with Crippen LogP contribution in [0.15, 0.2) is 0 Å². The van der Waals surface area contributed by atoms with Crippen molar-refractivity contribution >= 4 is 12.0 Å². The number of nitrogens with zero attached hydrogens (tertiary/aromatic N) is 4. The van der Waals surface area contributed by atoms with E-state index in [0.717, 1.165) is 58.7 Å². The maximum absolute atomic E-state index is 12.4. The number of hydrogen-bond donors (Lipinski definition) is 0. The molecule has 0 aromatic carbocycles. The lowest BCUT2D eigenvalue weighted by Crippen LogP contribution is -2.50. The molecule has 3 aliphatic heterocycles. The zero-order valence-corrected chi connectivity index (χ0v) is 17.3. The van der Waals surface area contributed by atoms with E-state index in [4.69, 9.17) is 4.74 Å². The van der Waals surface area contributed by atoms with E-state index in [-0.39, 0.29) is 17.6 Å². The number of amides is 2. The number of hydrogen-bond acceptors (Lipinski definition) is 5. The third-order valence-electron chi connectivity index (χ3n) is 6.25. The first-order valence-corrected chi connectivity index (χ1v) is 10.6. The van der Waals surface area contributed by atoms with E-state index in [1.54, 1.807) is 0 Å². The largest absolute Gasteiger partial charge is 0.441 e. The SMILES string of the molecule is CCN1CCN(CCN2CC3(CCN(C(=O)CC(C)C)CC3)OC2=O)CC1. The van der Waals surface area contributed by atoms with Crippen LogP contribution in [0, 0.1) is 5.92 Å². The van der Waals surface area contributed by atoms with Gasteiger partial charge in [-0.1, -0.05) is 20.8 Å². The molecule has 3 saturated heterocycles. The highest BCUT2D eigenvalue weighted by atomic mass is 16.6. The third-order valence-corrected chi connectivity index (χ3v) is 6.25. The van der Waals surface area contributed by atoms with Crippen molar-refractivity contribution < 1.29 is 14.3 Å². The Balaban J connectivity index is 1.43. The first kappa shape index (κ1) is 20.4. The monoisotopic (exact) mass is 380 g/mol. The van der Waals surface area contributed by atoms with E-state index in [9.17, 15) is 9.59 Å². The Morgan fingerprint density at radius 2 is 1.67 bits per heavy atom. The van der Waals surface area contributed by atoms with Crippen LogP contribution < -0.4 is 0 Å². The Kier molecular flexibility index (Phi) is 6.63. The van der Waals surface area contributed by atoms with Crippen LogP contribution >= 0.6 is 0 Å². The van der Waals surface area contributed by atoms with E-state index < -0.39 is 0 Å². The van der Waals surface area contributed by atoms with Gasteiger partial charge < -0.3 is 19.4 Å². The van der Waals surface area contributed by atoms with Gasteiger partial charge in [-0.25, -0.2) is 4.79 Å². The second-order valence-corrected chi connectivity index (χ2v) is 8.73. The summed E-state index contributed by atoms with van der Waals surface area (Å²) in [6.45, 7) is 15.6. The summed E-state index contributed by atoms with van der Waals surface area (Å²) in [4.78, 5) is 33.4. The van der Waals surface area contributed by atoms with Gasteiger partial charge >= 0.3 is 6.09 Å². The van der Waals surface area contributed by atoms with Crippen LogP contribution in [0.25, 0.3) is 0 Å². The van der Waals surface area contributed by atoms with Crippen LogP contribution in [0.1, 0.15) is 40.0 Å². The highest BCUT2D eigenvalue weighted by molar-refractivity contribution is 5.76. The van der Waals surface area contributed by atoms with E-state index in [1.165, 1.54) is 0 Å². The fourth-order valence-electron chi connectivity index (χ4n) is 4.36. The van der Waals surface area contributed by atoms with Crippen LogP contribution in [0.3, 0.4) is 0 Å². The minimum absolute atomic E-state index is 0.177. The van der Waals surface area contributed by atoms with Gasteiger partial charge in [-0.05, 0) is 12.5 Å². The van der Waals surface area contributed by atoms with E-state index in [0.29, 0.717) is 32.0 Å². The molecule has 154 valence electrons. The summed E-state index contributed by atoms with van der Waals surface area (Å²) in [5.41, 5.74) is -0.382. The van der Waals surface area contributed by atoms with Crippen LogP contribution in [0.5, 0.6) is 0 Å². The molecule has 1 spiro atoms. The first-order chi connectivity index (χ1) is 12.9. The fraction of sp³-hybridized carbons (Fsp3) is 0.900. The quantitative estimate of drug-likeness (QED) is 0.699. The molecule has 0 radical (unpaired) electrons. The molecule has 3 rings (SSSR count). The molecule has 0 N–H and O–H groups in total. The van der Waals surface area contributed by atoms with Gasteiger partial charge in [-0.2, -0.15) is 0 Å². The van der Waals surface area contributed by atoms with Crippen molar-refractivity contribution in [1.29, 1.82) is 0 Å². The molecule has 0 atom stereocenters. The summed E-state index contributed by atoms with van der Waals surface area (Å²) in [5, 5.41) is 0. The summed E-state index contributed by atoms with van der Waals surface area (Å²) in [7, 11) is 0. The van der Waals surface area contributed by atoms with Crippen LogP contribution in [-0.2, 0) is 9.53 Å². The molecule has 27 heavy (non-hydrogen) atoms. The van der Waals surface area contributed by atoms with E-state index in [1.807, 2.05) is 9.80 Å². The van der Waals surface area contributed by atoms with Gasteiger partial charge in [0.2, 0.25) is 5.91 Å². The standard InChI is InChI=1S/C20H36N4O3/c1-4-21-9-11-22(12-10-21)13-14-24-16-20(27-19(24)26)5-7-23(8-6-20)18(25)15-17(2)3/h17H,4-16H2,1-3H3. The molecular weight excluding hydrogens is 344 g/mol. The van der Waals surface area contributed by atoms with E-state index in [2.05, 4.69) is 30.6 Å². The summed E-state index contributed by atoms with van der Waals surface area (Å²) in [6.07, 6.45) is 1.94. The van der Waals surface area contributed by atoms with Crippen molar-refractivity contribution in [3.05, 3.63) is 0 Å². The Bertz CT molecular complexity index is 523. The van der Waals surface area contributed by atoms with Gasteiger partial charge in [0.05, 0.1) is 6.54 Å². The molecule has 3 heterocycles. The molecule has 0 aliphatic carbocycles. The minimum atomic E-state index is -0.382. The Morgan fingerprint density at radius 3 is 2.26 bits per heavy atom. The molecule has 7 nitrogen and oxygen atoms in total. The average molecular weight is 381 g/mol. The lowest BCUT2D eigenvalue weighted by Gasteiger charge is -2.38. The second-order valence-electron chi connectivity index (χ2n) is 8.73. The van der Waals surface area contributed by atoms with Crippen molar-refractivity contribution in [2.24, 2.45) is 5.92 Å². The predicted octanol–water partition coefficient (Wildman–Crippen LogP) is 1.48. The molecule has 0 aromatic rings. The number of rotatable bonds is 6. The summed E-state index contributed by atoms with van der Waals surface area (Å²) >= 11 is 0. The lowest BCUT2D eigenvalue weighted by molar-refractivity contribution is -0.135. The number of likely N-dealkylation sites (tertiary alicyclic amines) is 1. The van der Waals surface area contributed by atoms with Crippen LogP contribution in [-0.4, -0.2) is 103 Å². The van der Waals surface area contributed by atoms with Gasteiger partial charge in [0.25, 0.3) is 0 Å². The van der Waals surface area contributed by atoms with E-state index >= 15 is 0 Å². The molecule has 0 saturated carbocycles. The van der Waals surface area contributed by atoms with Crippen molar-refractivity contribution in [3.8, 4) is 0 Å². The van der Waals surface area contributed by atoms with Gasteiger partial charge in [0.15, 0.2) is 0 Å². The Morgan fingerprint density at radius 1 is 1.04 bits per heavy atom. The fourth-order valence-corrected chi connectivity index (χ4v) is 4.36. The zero-order chi connectivity index (χ0) is 19.4. The summed E-state index contributed by atoms with van der Waals surface area (Å²) in [5.74, 6) is 0.611. The second kappa shape index (κ2) is 8.78. The molecule has 0 unspecified atom stereocenters. The van der Waals surface area contributed by atoms with Crippen molar-refractivity contribution in [2.75, 3.05) is 65.4 Å².